The zero-order valence-electron chi connectivity index (χ0n) is 6.90. The molecule has 1 heterocycles. The molecule has 2 aliphatic rings. The summed E-state index contributed by atoms with van der Waals surface area (Å²) in [6.07, 6.45) is 5.60. The molecule has 0 aromatic carbocycles. The van der Waals surface area contributed by atoms with E-state index in [-0.39, 0.29) is 0 Å². The summed E-state index contributed by atoms with van der Waals surface area (Å²) in [7, 11) is 8.03. The van der Waals surface area contributed by atoms with E-state index >= 15 is 0 Å². The number of nitrogens with zero attached hydrogens (tertiary/aromatic N) is 2. The number of fused-ring (bicyclic) bond motifs is 1. The van der Waals surface area contributed by atoms with Crippen molar-refractivity contribution >= 4 is 14.2 Å². The molecule has 0 spiro atoms. The van der Waals surface area contributed by atoms with Crippen LogP contribution in [-0.2, 0) is 0 Å². The van der Waals surface area contributed by atoms with Crippen LogP contribution in [0.15, 0.2) is 4.99 Å². The minimum Gasteiger partial charge on any atom is -0.361 e. The second kappa shape index (κ2) is 2.54. The van der Waals surface area contributed by atoms with E-state index in [1.54, 1.807) is 0 Å². The van der Waals surface area contributed by atoms with Gasteiger partial charge in [0.25, 0.3) is 0 Å². The molecule has 1 aliphatic carbocycles. The Morgan fingerprint density at radius 1 is 1.55 bits per heavy atom. The highest BCUT2D eigenvalue weighted by Gasteiger charge is 2.34. The zero-order valence-corrected chi connectivity index (χ0v) is 6.90. The predicted octanol–water partition coefficient (Wildman–Crippen LogP) is 0.838. The lowest BCUT2D eigenvalue weighted by molar-refractivity contribution is 0.279. The van der Waals surface area contributed by atoms with Gasteiger partial charge >= 0.3 is 0 Å². The molecule has 2 rings (SSSR count). The van der Waals surface area contributed by atoms with Crippen LogP contribution < -0.4 is 0 Å². The first kappa shape index (κ1) is 7.20. The van der Waals surface area contributed by atoms with Crippen LogP contribution in [0.4, 0.5) is 0 Å². The Hall–Kier alpha value is -0.465. The lowest BCUT2D eigenvalue weighted by Crippen LogP contribution is -2.38. The van der Waals surface area contributed by atoms with Crippen molar-refractivity contribution in [2.45, 2.75) is 37.2 Å². The molecule has 2 nitrogen and oxygen atoms in total. The fourth-order valence-electron chi connectivity index (χ4n) is 2.11. The van der Waals surface area contributed by atoms with Gasteiger partial charge < -0.3 is 4.90 Å². The van der Waals surface area contributed by atoms with Gasteiger partial charge in [0.2, 0.25) is 0 Å². The number of rotatable bonds is 0. The Morgan fingerprint density at radius 3 is 3.09 bits per heavy atom. The monoisotopic (exact) mass is 148 g/mol. The Labute approximate surface area is 69.1 Å². The van der Waals surface area contributed by atoms with Crippen LogP contribution >= 0.6 is 0 Å². The van der Waals surface area contributed by atoms with Crippen molar-refractivity contribution in [3.05, 3.63) is 0 Å². The van der Waals surface area contributed by atoms with E-state index in [0.717, 1.165) is 6.42 Å². The summed E-state index contributed by atoms with van der Waals surface area (Å²) in [5.41, 5.74) is 0. The van der Waals surface area contributed by atoms with Crippen LogP contribution in [0.2, 0.25) is 5.82 Å². The smallest absolute Gasteiger partial charge is 0.0854 e. The van der Waals surface area contributed by atoms with Gasteiger partial charge in [-0.05, 0) is 6.42 Å². The van der Waals surface area contributed by atoms with Gasteiger partial charge in [-0.1, -0.05) is 18.7 Å². The van der Waals surface area contributed by atoms with E-state index in [1.165, 1.54) is 12.8 Å². The molecule has 1 aliphatic heterocycles. The predicted molar refractivity (Wildman–Crippen MR) is 47.2 cm³/mol. The van der Waals surface area contributed by atoms with Crippen molar-refractivity contribution in [1.29, 1.82) is 0 Å². The Kier molecular flexibility index (Phi) is 1.66. The Balaban J connectivity index is 2.12. The highest BCUT2D eigenvalue weighted by molar-refractivity contribution is 6.12. The largest absolute Gasteiger partial charge is 0.361 e. The quantitative estimate of drug-likeness (QED) is 0.464. The molecule has 58 valence electrons. The normalized spacial score (nSPS) is 42.6. The summed E-state index contributed by atoms with van der Waals surface area (Å²) in [4.78, 5) is 6.59. The molecule has 0 saturated heterocycles. The van der Waals surface area contributed by atoms with Crippen molar-refractivity contribution in [3.63, 3.8) is 0 Å². The average Bonchev–Trinajstić information content (AvgIpc) is 2.35. The van der Waals surface area contributed by atoms with Gasteiger partial charge in [-0.25, -0.2) is 0 Å². The van der Waals surface area contributed by atoms with Crippen molar-refractivity contribution in [2.75, 3.05) is 7.05 Å². The minimum absolute atomic E-state index is 0.301. The Bertz CT molecular complexity index is 181. The average molecular weight is 148 g/mol. The van der Waals surface area contributed by atoms with Crippen LogP contribution in [0.1, 0.15) is 19.3 Å². The van der Waals surface area contributed by atoms with Crippen molar-refractivity contribution in [1.82, 2.24) is 4.90 Å². The second-order valence-corrected chi connectivity index (χ2v) is 3.58. The molecule has 1 fully saturated rings. The number of aliphatic imine (C=N–C) groups is 1. The van der Waals surface area contributed by atoms with Crippen LogP contribution in [0.25, 0.3) is 0 Å². The standard InChI is InChI=1S/C8H13BN2/c1-11-5-10-8-6(9)3-2-4-7(8)11/h5-8H,2-4H2,1H3/t6?,7-,8+/m0/s1. The van der Waals surface area contributed by atoms with Crippen LogP contribution in [0.3, 0.4) is 0 Å². The topological polar surface area (TPSA) is 15.6 Å². The third-order valence-corrected chi connectivity index (χ3v) is 2.81. The summed E-state index contributed by atoms with van der Waals surface area (Å²) < 4.78 is 0. The SMILES string of the molecule is [B]C1CCC[C@H]2[C@@H]1N=CN2C. The maximum absolute atomic E-state index is 5.94. The van der Waals surface area contributed by atoms with E-state index < -0.39 is 0 Å². The number of hydrogen-bond acceptors (Lipinski definition) is 2. The van der Waals surface area contributed by atoms with Gasteiger partial charge in [-0.2, -0.15) is 0 Å². The van der Waals surface area contributed by atoms with E-state index in [0.29, 0.717) is 17.9 Å². The van der Waals surface area contributed by atoms with E-state index in [9.17, 15) is 0 Å². The van der Waals surface area contributed by atoms with Gasteiger partial charge in [0.05, 0.1) is 26.3 Å². The highest BCUT2D eigenvalue weighted by atomic mass is 15.2. The van der Waals surface area contributed by atoms with Gasteiger partial charge in [0.15, 0.2) is 0 Å². The lowest BCUT2D eigenvalue weighted by atomic mass is 9.70. The summed E-state index contributed by atoms with van der Waals surface area (Å²) in [5.74, 6) is 0.301. The third-order valence-electron chi connectivity index (χ3n) is 2.81. The number of likely N-dealkylation sites (N-methyl/N-ethyl adjacent to an activating group) is 1. The molecule has 0 bridgehead atoms. The lowest BCUT2D eigenvalue weighted by Gasteiger charge is -2.33. The van der Waals surface area contributed by atoms with Crippen molar-refractivity contribution in [3.8, 4) is 0 Å². The van der Waals surface area contributed by atoms with Crippen LogP contribution in [0, 0.1) is 0 Å². The molecule has 11 heavy (non-hydrogen) atoms. The maximum atomic E-state index is 5.94. The fraction of sp³-hybridized carbons (Fsp3) is 0.875. The van der Waals surface area contributed by atoms with Gasteiger partial charge in [0.1, 0.15) is 0 Å². The van der Waals surface area contributed by atoms with Gasteiger partial charge in [-0.15, -0.1) is 0 Å². The fourth-order valence-corrected chi connectivity index (χ4v) is 2.11. The first-order chi connectivity index (χ1) is 5.29. The summed E-state index contributed by atoms with van der Waals surface area (Å²) in [5, 5.41) is 0. The molecule has 0 N–H and O–H groups in total. The molecule has 1 saturated carbocycles. The maximum Gasteiger partial charge on any atom is 0.0854 e. The molecule has 0 amide bonds. The van der Waals surface area contributed by atoms with E-state index in [1.807, 2.05) is 6.34 Å². The molecule has 0 aromatic heterocycles. The molecular weight excluding hydrogens is 135 g/mol. The summed E-state index contributed by atoms with van der Waals surface area (Å²) >= 11 is 0. The first-order valence-corrected chi connectivity index (χ1v) is 4.30. The third kappa shape index (κ3) is 1.07. The molecule has 0 aromatic rings. The zero-order chi connectivity index (χ0) is 7.84. The van der Waals surface area contributed by atoms with Crippen molar-refractivity contribution in [2.24, 2.45) is 4.99 Å². The first-order valence-electron chi connectivity index (χ1n) is 4.30. The molecule has 3 atom stereocenters. The molecule has 2 radical (unpaired) electrons. The Morgan fingerprint density at radius 2 is 2.36 bits per heavy atom. The minimum atomic E-state index is 0.301. The second-order valence-electron chi connectivity index (χ2n) is 3.58. The summed E-state index contributed by atoms with van der Waals surface area (Å²) in [6, 6.07) is 0.979. The van der Waals surface area contributed by atoms with Crippen molar-refractivity contribution < 1.29 is 0 Å². The molecular formula is C8H13BN2. The van der Waals surface area contributed by atoms with E-state index in [4.69, 9.17) is 7.85 Å². The van der Waals surface area contributed by atoms with E-state index in [2.05, 4.69) is 16.9 Å². The number of hydrogen-bond donors (Lipinski definition) is 0. The summed E-state index contributed by atoms with van der Waals surface area (Å²) in [6.45, 7) is 0. The highest BCUT2D eigenvalue weighted by Crippen LogP contribution is 2.33. The molecule has 1 unspecified atom stereocenters. The van der Waals surface area contributed by atoms with Crippen LogP contribution in [0.5, 0.6) is 0 Å². The molecule has 3 heteroatoms. The van der Waals surface area contributed by atoms with Crippen LogP contribution in [-0.4, -0.2) is 38.2 Å². The van der Waals surface area contributed by atoms with Gasteiger partial charge in [0, 0.05) is 7.05 Å². The van der Waals surface area contributed by atoms with Gasteiger partial charge in [-0.3, -0.25) is 4.99 Å².